The van der Waals surface area contributed by atoms with Gasteiger partial charge in [0, 0.05) is 0 Å². The molecule has 0 bridgehead atoms. The maximum Gasteiger partial charge on any atom is -0.147 e. The summed E-state index contributed by atoms with van der Waals surface area (Å²) < 4.78 is 1.34. The molecule has 13 heavy (non-hydrogen) atoms. The van der Waals surface area contributed by atoms with E-state index in [-0.39, 0.29) is 24.8 Å². The zero-order chi connectivity index (χ0) is 8.43. The second-order valence-electron chi connectivity index (χ2n) is 3.17. The molecular weight excluding hydrogens is 292 g/mol. The van der Waals surface area contributed by atoms with Crippen LogP contribution in [0.25, 0.3) is 0 Å². The Bertz CT molecular complexity index is 259. The Balaban J connectivity index is 0. The van der Waals surface area contributed by atoms with Crippen LogP contribution in [0.15, 0.2) is 18.2 Å². The van der Waals surface area contributed by atoms with Gasteiger partial charge in [-0.3, -0.25) is 0 Å². The van der Waals surface area contributed by atoms with Crippen molar-refractivity contribution >= 4 is 29.0 Å². The zero-order valence-electron chi connectivity index (χ0n) is 7.98. The van der Waals surface area contributed by atoms with Crippen LogP contribution in [-0.4, -0.2) is 0 Å². The molecule has 0 amide bonds. The Labute approximate surface area is 103 Å². The summed E-state index contributed by atoms with van der Waals surface area (Å²) in [5, 5.41) is 0. The van der Waals surface area contributed by atoms with Crippen LogP contribution in [0.3, 0.4) is 0 Å². The van der Waals surface area contributed by atoms with Crippen LogP contribution < -0.4 is 4.16 Å². The SMILES string of the molecule is Cc1cc[c]([Ru])c(C(C)C)c1.Cl.Cl. The fourth-order valence-electron chi connectivity index (χ4n) is 1.09. The smallest absolute Gasteiger partial charge is 0.147 e. The Hall–Kier alpha value is 0.423. The van der Waals surface area contributed by atoms with Gasteiger partial charge in [-0.2, -0.15) is 0 Å². The van der Waals surface area contributed by atoms with E-state index in [2.05, 4.69) is 57.3 Å². The molecule has 0 aromatic heterocycles. The first kappa shape index (κ1) is 15.9. The molecule has 0 radical (unpaired) electrons. The molecule has 1 aromatic carbocycles. The predicted octanol–water partition coefficient (Wildman–Crippen LogP) is 3.13. The van der Waals surface area contributed by atoms with Crippen molar-refractivity contribution < 1.29 is 18.3 Å². The predicted molar refractivity (Wildman–Crippen MR) is 59.4 cm³/mol. The number of benzene rings is 1. The summed E-state index contributed by atoms with van der Waals surface area (Å²) in [7, 11) is 0. The number of rotatable bonds is 1. The second kappa shape index (κ2) is 6.82. The summed E-state index contributed by atoms with van der Waals surface area (Å²) >= 11 is 2.68. The van der Waals surface area contributed by atoms with Crippen LogP contribution in [0.1, 0.15) is 30.9 Å². The normalized spacial score (nSPS) is 9.00. The van der Waals surface area contributed by atoms with Gasteiger partial charge in [0.05, 0.1) is 0 Å². The van der Waals surface area contributed by atoms with Gasteiger partial charge in [-0.25, -0.2) is 0 Å². The monoisotopic (exact) mass is 307 g/mol. The molecule has 0 fully saturated rings. The molecule has 0 heterocycles. The minimum atomic E-state index is 0. The van der Waals surface area contributed by atoms with Crippen molar-refractivity contribution in [1.82, 2.24) is 0 Å². The van der Waals surface area contributed by atoms with Crippen molar-refractivity contribution in [3.05, 3.63) is 29.3 Å². The third kappa shape index (κ3) is 4.45. The van der Waals surface area contributed by atoms with Gasteiger partial charge in [-0.1, -0.05) is 0 Å². The van der Waals surface area contributed by atoms with E-state index in [1.807, 2.05) is 0 Å². The molecule has 1 rings (SSSR count). The Kier molecular flexibility index (Phi) is 8.32. The van der Waals surface area contributed by atoms with Gasteiger partial charge in [0.2, 0.25) is 0 Å². The van der Waals surface area contributed by atoms with Crippen molar-refractivity contribution in [1.29, 1.82) is 0 Å². The van der Waals surface area contributed by atoms with E-state index in [1.54, 1.807) is 0 Å². The van der Waals surface area contributed by atoms with Crippen LogP contribution in [-0.2, 0) is 18.3 Å². The van der Waals surface area contributed by atoms with Gasteiger partial charge >= 0.3 is 78.5 Å². The van der Waals surface area contributed by atoms with Crippen LogP contribution >= 0.6 is 24.8 Å². The molecule has 0 N–H and O–H groups in total. The van der Waals surface area contributed by atoms with E-state index >= 15 is 0 Å². The van der Waals surface area contributed by atoms with Gasteiger partial charge in [0.25, 0.3) is 0 Å². The van der Waals surface area contributed by atoms with Crippen molar-refractivity contribution in [2.45, 2.75) is 26.7 Å². The van der Waals surface area contributed by atoms with E-state index in [9.17, 15) is 0 Å². The summed E-state index contributed by atoms with van der Waals surface area (Å²) in [5.41, 5.74) is 2.80. The quantitative estimate of drug-likeness (QED) is 0.699. The van der Waals surface area contributed by atoms with Crippen LogP contribution in [0.4, 0.5) is 0 Å². The average Bonchev–Trinajstić information content (AvgIpc) is 1.94. The second-order valence-corrected chi connectivity index (χ2v) is 4.10. The molecule has 3 heteroatoms. The summed E-state index contributed by atoms with van der Waals surface area (Å²) in [6.07, 6.45) is 0. The molecule has 0 nitrogen and oxygen atoms in total. The maximum atomic E-state index is 2.68. The minimum Gasteiger partial charge on any atom is -0.147 e. The fraction of sp³-hybridized carbons (Fsp3) is 0.400. The molecule has 77 valence electrons. The molecule has 0 saturated carbocycles. The average molecular weight is 307 g/mol. The van der Waals surface area contributed by atoms with Gasteiger partial charge in [-0.05, 0) is 0 Å². The summed E-state index contributed by atoms with van der Waals surface area (Å²) in [6, 6.07) is 6.58. The molecule has 0 unspecified atom stereocenters. The number of hydrogen-bond donors (Lipinski definition) is 0. The molecule has 1 aromatic rings. The maximum absolute atomic E-state index is 2.68. The van der Waals surface area contributed by atoms with Crippen molar-refractivity contribution in [3.8, 4) is 0 Å². The largest absolute Gasteiger partial charge is 0.147 e. The van der Waals surface area contributed by atoms with Crippen LogP contribution in [0.5, 0.6) is 0 Å². The zero-order valence-corrected chi connectivity index (χ0v) is 11.4. The molecule has 0 spiro atoms. The Morgan fingerprint density at radius 3 is 2.08 bits per heavy atom. The number of hydrogen-bond acceptors (Lipinski definition) is 0. The van der Waals surface area contributed by atoms with Crippen molar-refractivity contribution in [3.63, 3.8) is 0 Å². The number of halogens is 2. The van der Waals surface area contributed by atoms with Crippen molar-refractivity contribution in [2.24, 2.45) is 0 Å². The molecule has 0 aliphatic heterocycles. The minimum absolute atomic E-state index is 0. The molecule has 0 aliphatic rings. The van der Waals surface area contributed by atoms with Crippen LogP contribution in [0.2, 0.25) is 0 Å². The van der Waals surface area contributed by atoms with Gasteiger partial charge in [-0.15, -0.1) is 24.8 Å². The molecule has 0 atom stereocenters. The fourth-order valence-corrected chi connectivity index (χ4v) is 1.87. The van der Waals surface area contributed by atoms with Gasteiger partial charge in [0.15, 0.2) is 0 Å². The van der Waals surface area contributed by atoms with E-state index in [4.69, 9.17) is 0 Å². The Morgan fingerprint density at radius 2 is 1.69 bits per heavy atom. The topological polar surface area (TPSA) is 0 Å². The van der Waals surface area contributed by atoms with E-state index in [0.717, 1.165) is 0 Å². The van der Waals surface area contributed by atoms with E-state index in [0.29, 0.717) is 5.92 Å². The first-order valence-electron chi connectivity index (χ1n) is 3.86. The van der Waals surface area contributed by atoms with E-state index in [1.165, 1.54) is 15.3 Å². The Morgan fingerprint density at radius 1 is 1.15 bits per heavy atom. The first-order valence-corrected chi connectivity index (χ1v) is 4.73. The summed E-state index contributed by atoms with van der Waals surface area (Å²) in [5.74, 6) is 0.631. The molecular formula is C10H15Cl2Ru. The third-order valence-electron chi connectivity index (χ3n) is 1.76. The molecule has 0 saturated heterocycles. The first-order chi connectivity index (χ1) is 5.11. The summed E-state index contributed by atoms with van der Waals surface area (Å²) in [4.78, 5) is 0. The van der Waals surface area contributed by atoms with E-state index < -0.39 is 0 Å². The third-order valence-corrected chi connectivity index (χ3v) is 2.55. The molecule has 0 aliphatic carbocycles. The van der Waals surface area contributed by atoms with Crippen molar-refractivity contribution in [2.75, 3.05) is 0 Å². The number of aryl methyl sites for hydroxylation is 1. The van der Waals surface area contributed by atoms with Gasteiger partial charge < -0.3 is 0 Å². The standard InChI is InChI=1S/C10H13.2ClH.Ru/c1-8(2)10-6-4-5-9(3)7-10;;;/h4-5,7-8H,1-3H3;2*1H;. The summed E-state index contributed by atoms with van der Waals surface area (Å²) in [6.45, 7) is 6.59. The van der Waals surface area contributed by atoms with Gasteiger partial charge in [0.1, 0.15) is 0 Å². The van der Waals surface area contributed by atoms with Crippen LogP contribution in [0, 0.1) is 6.92 Å².